The zero-order chi connectivity index (χ0) is 20.1. The molecule has 1 N–H and O–H groups in total. The number of nitrogens with zero attached hydrogens (tertiary/aromatic N) is 3. The molecule has 1 amide bonds. The molecule has 2 aromatic rings. The first kappa shape index (κ1) is 20.3. The molecular formula is C21H26N4O2S. The molecular weight excluding hydrogens is 372 g/mol. The summed E-state index contributed by atoms with van der Waals surface area (Å²) in [6.07, 6.45) is 9.42. The fourth-order valence-electron chi connectivity index (χ4n) is 3.07. The molecule has 1 aromatic carbocycles. The molecule has 1 aliphatic carbocycles. The van der Waals surface area contributed by atoms with Crippen molar-refractivity contribution in [1.29, 1.82) is 0 Å². The van der Waals surface area contributed by atoms with Crippen LogP contribution in [0.2, 0.25) is 0 Å². The molecule has 0 saturated heterocycles. The Kier molecular flexibility index (Phi) is 6.34. The Morgan fingerprint density at radius 2 is 2.21 bits per heavy atom. The van der Waals surface area contributed by atoms with E-state index in [0.717, 1.165) is 29.6 Å². The molecule has 0 spiro atoms. The minimum absolute atomic E-state index is 0.279. The number of thioether (sulfide) groups is 1. The number of nitrogens with one attached hydrogen (secondary N) is 1. The fraction of sp³-hybridized carbons (Fsp3) is 0.429. The van der Waals surface area contributed by atoms with Gasteiger partial charge in [0.15, 0.2) is 0 Å². The van der Waals surface area contributed by atoms with Crippen LogP contribution in [-0.2, 0) is 4.74 Å². The molecule has 148 valence electrons. The lowest BCUT2D eigenvalue weighted by atomic mass is 10.1. The van der Waals surface area contributed by atoms with Gasteiger partial charge in [0.2, 0.25) is 0 Å². The Bertz CT molecular complexity index is 918. The van der Waals surface area contributed by atoms with Crippen LogP contribution in [0, 0.1) is 0 Å². The number of hydrogen-bond donors (Lipinski definition) is 1. The van der Waals surface area contributed by atoms with E-state index in [1.54, 1.807) is 24.3 Å². The molecule has 1 unspecified atom stereocenters. The molecule has 0 saturated carbocycles. The summed E-state index contributed by atoms with van der Waals surface area (Å²) in [6, 6.07) is 6.50. The average Bonchev–Trinajstić information content (AvgIpc) is 3.07. The summed E-state index contributed by atoms with van der Waals surface area (Å²) in [5.74, 6) is 0.864. The second-order valence-corrected chi connectivity index (χ2v) is 8.62. The van der Waals surface area contributed by atoms with E-state index in [-0.39, 0.29) is 6.04 Å². The van der Waals surface area contributed by atoms with Crippen LogP contribution in [0.4, 0.5) is 10.6 Å². The lowest BCUT2D eigenvalue weighted by molar-refractivity contribution is 0.0605. The van der Waals surface area contributed by atoms with E-state index in [9.17, 15) is 4.79 Å². The van der Waals surface area contributed by atoms with Crippen molar-refractivity contribution >= 4 is 40.8 Å². The number of hydrogen-bond acceptors (Lipinski definition) is 6. The Hall–Kier alpha value is -2.41. The fourth-order valence-corrected chi connectivity index (χ4v) is 3.51. The summed E-state index contributed by atoms with van der Waals surface area (Å²) in [6.45, 7) is 5.49. The van der Waals surface area contributed by atoms with Crippen LogP contribution in [0.5, 0.6) is 0 Å². The summed E-state index contributed by atoms with van der Waals surface area (Å²) in [5.41, 5.74) is 1.67. The molecule has 0 aliphatic heterocycles. The number of ether oxygens (including phenoxy) is 1. The summed E-state index contributed by atoms with van der Waals surface area (Å²) in [4.78, 5) is 25.5. The molecule has 1 aliphatic rings. The number of carbonyl (C=O) groups is 1. The SMILES string of the molecule is CSc1ccc2ncnc(NC3CC=C(CC=NC(=O)OC(C)(C)C)C3)c2c1. The first-order valence-corrected chi connectivity index (χ1v) is 10.6. The molecule has 28 heavy (non-hydrogen) atoms. The van der Waals surface area contributed by atoms with Crippen LogP contribution in [-0.4, -0.2) is 40.2 Å². The number of benzene rings is 1. The predicted octanol–water partition coefficient (Wildman–Crippen LogP) is 5.25. The van der Waals surface area contributed by atoms with Gasteiger partial charge in [0.05, 0.1) is 5.52 Å². The normalized spacial score (nSPS) is 17.1. The lowest BCUT2D eigenvalue weighted by Crippen LogP contribution is -2.21. The largest absolute Gasteiger partial charge is 0.442 e. The summed E-state index contributed by atoms with van der Waals surface area (Å²) in [5, 5.41) is 4.58. The Balaban J connectivity index is 1.57. The van der Waals surface area contributed by atoms with Gasteiger partial charge in [-0.05, 0) is 58.1 Å². The summed E-state index contributed by atoms with van der Waals surface area (Å²) in [7, 11) is 0. The summed E-state index contributed by atoms with van der Waals surface area (Å²) < 4.78 is 5.18. The molecule has 1 heterocycles. The molecule has 3 rings (SSSR count). The van der Waals surface area contributed by atoms with E-state index in [1.807, 2.05) is 26.8 Å². The van der Waals surface area contributed by atoms with E-state index in [2.05, 4.69) is 44.7 Å². The average molecular weight is 399 g/mol. The molecule has 6 nitrogen and oxygen atoms in total. The third-order valence-corrected chi connectivity index (χ3v) is 5.05. The van der Waals surface area contributed by atoms with Crippen LogP contribution in [0.15, 0.2) is 46.1 Å². The van der Waals surface area contributed by atoms with Crippen LogP contribution in [0.25, 0.3) is 10.9 Å². The van der Waals surface area contributed by atoms with Crippen molar-refractivity contribution in [2.24, 2.45) is 4.99 Å². The van der Waals surface area contributed by atoms with Gasteiger partial charge in [0, 0.05) is 29.0 Å². The Morgan fingerprint density at radius 3 is 2.96 bits per heavy atom. The van der Waals surface area contributed by atoms with E-state index in [0.29, 0.717) is 6.42 Å². The van der Waals surface area contributed by atoms with Crippen molar-refractivity contribution < 1.29 is 9.53 Å². The number of anilines is 1. The van der Waals surface area contributed by atoms with Gasteiger partial charge in [-0.3, -0.25) is 0 Å². The topological polar surface area (TPSA) is 76.5 Å². The number of aromatic nitrogens is 2. The highest BCUT2D eigenvalue weighted by Gasteiger charge is 2.18. The molecule has 7 heteroatoms. The lowest BCUT2D eigenvalue weighted by Gasteiger charge is -2.17. The van der Waals surface area contributed by atoms with Crippen molar-refractivity contribution in [2.45, 2.75) is 56.6 Å². The van der Waals surface area contributed by atoms with Gasteiger partial charge >= 0.3 is 6.09 Å². The minimum Gasteiger partial charge on any atom is -0.442 e. The van der Waals surface area contributed by atoms with Crippen molar-refractivity contribution in [3.63, 3.8) is 0 Å². The molecule has 1 aromatic heterocycles. The highest BCUT2D eigenvalue weighted by molar-refractivity contribution is 7.98. The smallest absolute Gasteiger partial charge is 0.433 e. The highest BCUT2D eigenvalue weighted by atomic mass is 32.2. The third kappa shape index (κ3) is 5.55. The van der Waals surface area contributed by atoms with Gasteiger partial charge in [-0.25, -0.2) is 14.8 Å². The first-order valence-electron chi connectivity index (χ1n) is 9.33. The molecule has 1 atom stereocenters. The quantitative estimate of drug-likeness (QED) is 0.421. The van der Waals surface area contributed by atoms with E-state index in [4.69, 9.17) is 4.74 Å². The molecule has 0 radical (unpaired) electrons. The number of rotatable bonds is 5. The van der Waals surface area contributed by atoms with Crippen LogP contribution in [0.3, 0.4) is 0 Å². The summed E-state index contributed by atoms with van der Waals surface area (Å²) >= 11 is 1.70. The van der Waals surface area contributed by atoms with Crippen LogP contribution in [0.1, 0.15) is 40.0 Å². The standard InChI is InChI=1S/C21H26N4O2S/c1-21(2,3)27-20(26)22-10-9-14-5-6-15(11-14)25-19-17-12-16(28-4)7-8-18(17)23-13-24-19/h5,7-8,10,12-13,15H,6,9,11H2,1-4H3,(H,23,24,25). The van der Waals surface area contributed by atoms with E-state index >= 15 is 0 Å². The first-order chi connectivity index (χ1) is 13.3. The van der Waals surface area contributed by atoms with Gasteiger partial charge in [0.1, 0.15) is 17.7 Å². The number of fused-ring (bicyclic) bond motifs is 1. The third-order valence-electron chi connectivity index (χ3n) is 4.33. The maximum atomic E-state index is 11.6. The van der Waals surface area contributed by atoms with Gasteiger partial charge in [-0.2, -0.15) is 4.99 Å². The Labute approximate surface area is 169 Å². The van der Waals surface area contributed by atoms with E-state index in [1.165, 1.54) is 10.5 Å². The number of carbonyl (C=O) groups excluding carboxylic acids is 1. The Morgan fingerprint density at radius 1 is 1.39 bits per heavy atom. The van der Waals surface area contributed by atoms with Gasteiger partial charge in [0.25, 0.3) is 0 Å². The second-order valence-electron chi connectivity index (χ2n) is 7.74. The van der Waals surface area contributed by atoms with Crippen LogP contribution >= 0.6 is 11.8 Å². The zero-order valence-electron chi connectivity index (χ0n) is 16.7. The predicted molar refractivity (Wildman–Crippen MR) is 115 cm³/mol. The van der Waals surface area contributed by atoms with Gasteiger partial charge in [-0.15, -0.1) is 11.8 Å². The number of aliphatic imine (C=N–C) groups is 1. The zero-order valence-corrected chi connectivity index (χ0v) is 17.5. The minimum atomic E-state index is -0.544. The number of amides is 1. The van der Waals surface area contributed by atoms with Crippen molar-refractivity contribution in [2.75, 3.05) is 11.6 Å². The maximum Gasteiger partial charge on any atom is 0.433 e. The van der Waals surface area contributed by atoms with Crippen molar-refractivity contribution in [3.05, 3.63) is 36.2 Å². The molecule has 0 fully saturated rings. The second kappa shape index (κ2) is 8.73. The molecule has 0 bridgehead atoms. The highest BCUT2D eigenvalue weighted by Crippen LogP contribution is 2.28. The maximum absolute atomic E-state index is 11.6. The van der Waals surface area contributed by atoms with Gasteiger partial charge in [-0.1, -0.05) is 11.6 Å². The van der Waals surface area contributed by atoms with Crippen molar-refractivity contribution in [3.8, 4) is 0 Å². The van der Waals surface area contributed by atoms with Crippen LogP contribution < -0.4 is 5.32 Å². The van der Waals surface area contributed by atoms with Gasteiger partial charge < -0.3 is 10.1 Å². The van der Waals surface area contributed by atoms with Crippen molar-refractivity contribution in [1.82, 2.24) is 9.97 Å². The monoisotopic (exact) mass is 398 g/mol. The van der Waals surface area contributed by atoms with E-state index < -0.39 is 11.7 Å².